The van der Waals surface area contributed by atoms with Crippen molar-refractivity contribution in [2.45, 2.75) is 19.1 Å². The first kappa shape index (κ1) is 18.2. The van der Waals surface area contributed by atoms with Crippen molar-refractivity contribution in [3.8, 4) is 0 Å². The smallest absolute Gasteiger partial charge is 0.292 e. The summed E-state index contributed by atoms with van der Waals surface area (Å²) in [7, 11) is 0. The van der Waals surface area contributed by atoms with Gasteiger partial charge in [0.05, 0.1) is 5.56 Å². The molecular formula is C17H12BrF3N4O. The SMILES string of the molecule is O=C(Cn1cncn1)c1ccc(Cc2ccc(Br)cc2)nc1C(F)(F)F. The molecule has 9 heteroatoms. The summed E-state index contributed by atoms with van der Waals surface area (Å²) in [5.74, 6) is -0.731. The Labute approximate surface area is 155 Å². The van der Waals surface area contributed by atoms with E-state index in [0.29, 0.717) is 0 Å². The zero-order chi connectivity index (χ0) is 18.7. The first-order chi connectivity index (χ1) is 12.3. The minimum Gasteiger partial charge on any atom is -0.292 e. The lowest BCUT2D eigenvalue weighted by molar-refractivity contribution is -0.141. The highest BCUT2D eigenvalue weighted by Gasteiger charge is 2.37. The number of alkyl halides is 3. The van der Waals surface area contributed by atoms with Crippen LogP contribution in [0, 0.1) is 0 Å². The second-order valence-electron chi connectivity index (χ2n) is 5.52. The summed E-state index contributed by atoms with van der Waals surface area (Å²) in [5.41, 5.74) is -0.614. The fourth-order valence-electron chi connectivity index (χ4n) is 2.40. The summed E-state index contributed by atoms with van der Waals surface area (Å²) in [5, 5.41) is 3.73. The minimum atomic E-state index is -4.73. The number of aromatic nitrogens is 4. The first-order valence-electron chi connectivity index (χ1n) is 7.50. The maximum absolute atomic E-state index is 13.4. The number of ketones is 1. The van der Waals surface area contributed by atoms with Crippen molar-refractivity contribution in [3.05, 3.63) is 76.0 Å². The molecule has 2 aromatic heterocycles. The topological polar surface area (TPSA) is 60.7 Å². The molecule has 0 aliphatic heterocycles. The van der Waals surface area contributed by atoms with Crippen molar-refractivity contribution in [3.63, 3.8) is 0 Å². The van der Waals surface area contributed by atoms with Gasteiger partial charge in [0.15, 0.2) is 11.5 Å². The Morgan fingerprint density at radius 2 is 1.85 bits per heavy atom. The number of Topliss-reactive ketones (excluding diaryl/α,β-unsaturated/α-hetero) is 1. The lowest BCUT2D eigenvalue weighted by Crippen LogP contribution is -2.20. The van der Waals surface area contributed by atoms with Crippen molar-refractivity contribution in [2.24, 2.45) is 0 Å². The Balaban J connectivity index is 1.90. The predicted octanol–water partition coefficient (Wildman–Crippen LogP) is 3.93. The number of hydrogen-bond acceptors (Lipinski definition) is 4. The van der Waals surface area contributed by atoms with E-state index in [0.717, 1.165) is 14.7 Å². The Kier molecular flexibility index (Phi) is 5.17. The number of carbonyl (C=O) groups is 1. The first-order valence-corrected chi connectivity index (χ1v) is 8.29. The van der Waals surface area contributed by atoms with Crippen LogP contribution < -0.4 is 0 Å². The fraction of sp³-hybridized carbons (Fsp3) is 0.176. The van der Waals surface area contributed by atoms with Gasteiger partial charge >= 0.3 is 6.18 Å². The van der Waals surface area contributed by atoms with Gasteiger partial charge in [-0.05, 0) is 29.8 Å². The van der Waals surface area contributed by atoms with Gasteiger partial charge in [0.2, 0.25) is 0 Å². The molecule has 1 aromatic carbocycles. The summed E-state index contributed by atoms with van der Waals surface area (Å²) in [6.07, 6.45) is -2.03. The predicted molar refractivity (Wildman–Crippen MR) is 90.5 cm³/mol. The maximum atomic E-state index is 13.4. The molecule has 0 saturated carbocycles. The van der Waals surface area contributed by atoms with Crippen molar-refractivity contribution in [2.75, 3.05) is 0 Å². The molecule has 5 nitrogen and oxygen atoms in total. The van der Waals surface area contributed by atoms with Gasteiger partial charge in [0, 0.05) is 16.6 Å². The normalized spacial score (nSPS) is 11.5. The highest BCUT2D eigenvalue weighted by atomic mass is 79.9. The van der Waals surface area contributed by atoms with Crippen LogP contribution in [0.15, 0.2) is 53.5 Å². The van der Waals surface area contributed by atoms with Gasteiger partial charge in [-0.2, -0.15) is 18.3 Å². The van der Waals surface area contributed by atoms with Gasteiger partial charge in [0.1, 0.15) is 19.2 Å². The van der Waals surface area contributed by atoms with Gasteiger partial charge in [-0.25, -0.2) is 14.6 Å². The average Bonchev–Trinajstić information content (AvgIpc) is 3.09. The minimum absolute atomic E-state index is 0.230. The average molecular weight is 425 g/mol. The van der Waals surface area contributed by atoms with Gasteiger partial charge in [0.25, 0.3) is 0 Å². The van der Waals surface area contributed by atoms with Crippen LogP contribution >= 0.6 is 15.9 Å². The highest BCUT2D eigenvalue weighted by Crippen LogP contribution is 2.31. The Hall–Kier alpha value is -2.55. The van der Waals surface area contributed by atoms with Crippen LogP contribution in [-0.2, 0) is 19.1 Å². The molecule has 0 N–H and O–H groups in total. The van der Waals surface area contributed by atoms with Gasteiger partial charge in [-0.15, -0.1) is 0 Å². The van der Waals surface area contributed by atoms with Crippen LogP contribution in [0.2, 0.25) is 0 Å². The molecule has 134 valence electrons. The van der Waals surface area contributed by atoms with E-state index in [-0.39, 0.29) is 18.7 Å². The monoisotopic (exact) mass is 424 g/mol. The summed E-state index contributed by atoms with van der Waals surface area (Å²) >= 11 is 3.30. The Morgan fingerprint density at radius 1 is 1.12 bits per heavy atom. The second-order valence-corrected chi connectivity index (χ2v) is 6.43. The van der Waals surface area contributed by atoms with E-state index in [9.17, 15) is 18.0 Å². The number of pyridine rings is 1. The van der Waals surface area contributed by atoms with Crippen LogP contribution in [0.5, 0.6) is 0 Å². The zero-order valence-corrected chi connectivity index (χ0v) is 14.8. The summed E-state index contributed by atoms with van der Waals surface area (Å²) < 4.78 is 42.2. The standard InChI is InChI=1S/C17H12BrF3N4O/c18-12-3-1-11(2-4-12)7-13-5-6-14(16(24-13)17(19,20)21)15(26)8-25-10-22-9-23-25/h1-6,9-10H,7-8H2. The van der Waals surface area contributed by atoms with Crippen LogP contribution in [0.1, 0.15) is 27.3 Å². The third-order valence-electron chi connectivity index (χ3n) is 3.59. The summed E-state index contributed by atoms with van der Waals surface area (Å²) in [4.78, 5) is 19.6. The van der Waals surface area contributed by atoms with Crippen LogP contribution in [0.25, 0.3) is 0 Å². The van der Waals surface area contributed by atoms with Crippen LogP contribution in [-0.4, -0.2) is 25.5 Å². The molecule has 0 saturated heterocycles. The second kappa shape index (κ2) is 7.36. The summed E-state index contributed by atoms with van der Waals surface area (Å²) in [6.45, 7) is -0.336. The van der Waals surface area contributed by atoms with Gasteiger partial charge in [-0.3, -0.25) is 4.79 Å². The van der Waals surface area contributed by atoms with E-state index < -0.39 is 23.2 Å². The van der Waals surface area contributed by atoms with Crippen molar-refractivity contribution < 1.29 is 18.0 Å². The van der Waals surface area contributed by atoms with Crippen LogP contribution in [0.4, 0.5) is 13.2 Å². The molecule has 0 aliphatic carbocycles. The molecular weight excluding hydrogens is 413 g/mol. The molecule has 0 fully saturated rings. The number of carbonyl (C=O) groups excluding carboxylic acids is 1. The molecule has 0 spiro atoms. The fourth-order valence-corrected chi connectivity index (χ4v) is 2.66. The van der Waals surface area contributed by atoms with Crippen molar-refractivity contribution in [1.29, 1.82) is 0 Å². The van der Waals surface area contributed by atoms with E-state index in [1.165, 1.54) is 24.8 Å². The van der Waals surface area contributed by atoms with E-state index in [4.69, 9.17) is 0 Å². The number of rotatable bonds is 5. The maximum Gasteiger partial charge on any atom is 0.434 e. The van der Waals surface area contributed by atoms with Gasteiger partial charge < -0.3 is 0 Å². The van der Waals surface area contributed by atoms with E-state index in [1.807, 2.05) is 0 Å². The molecule has 0 unspecified atom stereocenters. The molecule has 0 atom stereocenters. The third-order valence-corrected chi connectivity index (χ3v) is 4.12. The number of halogens is 4. The molecule has 0 aliphatic rings. The highest BCUT2D eigenvalue weighted by molar-refractivity contribution is 9.10. The molecule has 3 rings (SSSR count). The summed E-state index contributed by atoms with van der Waals surface area (Å²) in [6, 6.07) is 9.80. The Morgan fingerprint density at radius 3 is 2.46 bits per heavy atom. The molecule has 0 amide bonds. The molecule has 3 aromatic rings. The molecule has 2 heterocycles. The van der Waals surface area contributed by atoms with Crippen molar-refractivity contribution >= 4 is 21.7 Å². The molecule has 26 heavy (non-hydrogen) atoms. The third kappa shape index (κ3) is 4.34. The van der Waals surface area contributed by atoms with Crippen molar-refractivity contribution in [1.82, 2.24) is 19.7 Å². The molecule has 0 radical (unpaired) electrons. The lowest BCUT2D eigenvalue weighted by atomic mass is 10.0. The Bertz CT molecular complexity index is 909. The molecule has 0 bridgehead atoms. The largest absolute Gasteiger partial charge is 0.434 e. The number of hydrogen-bond donors (Lipinski definition) is 0. The zero-order valence-electron chi connectivity index (χ0n) is 13.2. The lowest BCUT2D eigenvalue weighted by Gasteiger charge is -2.13. The number of nitrogens with zero attached hydrogens (tertiary/aromatic N) is 4. The van der Waals surface area contributed by atoms with E-state index >= 15 is 0 Å². The van der Waals surface area contributed by atoms with Gasteiger partial charge in [-0.1, -0.05) is 28.1 Å². The van der Waals surface area contributed by atoms with E-state index in [1.54, 1.807) is 24.3 Å². The number of benzene rings is 1. The quantitative estimate of drug-likeness (QED) is 0.582. The van der Waals surface area contributed by atoms with Crippen LogP contribution in [0.3, 0.4) is 0 Å². The van der Waals surface area contributed by atoms with E-state index in [2.05, 4.69) is 31.0 Å².